The molecule has 0 radical (unpaired) electrons. The number of hydrogen-bond donors (Lipinski definition) is 1. The highest BCUT2D eigenvalue weighted by atomic mass is 19.4. The molecule has 2 heterocycles. The van der Waals surface area contributed by atoms with Crippen molar-refractivity contribution in [2.75, 3.05) is 13.1 Å². The summed E-state index contributed by atoms with van der Waals surface area (Å²) in [6.45, 7) is 8.48. The number of alkyl halides is 3. The van der Waals surface area contributed by atoms with Crippen LogP contribution in [-0.2, 0) is 12.7 Å². The third kappa shape index (κ3) is 3.58. The van der Waals surface area contributed by atoms with Gasteiger partial charge in [-0.25, -0.2) is 4.98 Å². The second-order valence-electron chi connectivity index (χ2n) is 7.30. The van der Waals surface area contributed by atoms with Crippen molar-refractivity contribution in [3.8, 4) is 0 Å². The Kier molecular flexibility index (Phi) is 4.60. The molecule has 1 unspecified atom stereocenters. The molecule has 3 nitrogen and oxygen atoms in total. The summed E-state index contributed by atoms with van der Waals surface area (Å²) >= 11 is 0. The normalized spacial score (nSPS) is 20.2. The fraction of sp³-hybridized carbons (Fsp3) is 0.611. The van der Waals surface area contributed by atoms with Crippen LogP contribution in [0, 0.1) is 5.92 Å². The Balaban J connectivity index is 1.99. The lowest BCUT2D eigenvalue weighted by atomic mass is 9.99. The van der Waals surface area contributed by atoms with Gasteiger partial charge < -0.3 is 4.98 Å². The van der Waals surface area contributed by atoms with E-state index in [1.165, 1.54) is 12.5 Å². The molecule has 0 spiro atoms. The van der Waals surface area contributed by atoms with E-state index in [2.05, 4.69) is 21.8 Å². The van der Waals surface area contributed by atoms with Gasteiger partial charge >= 0.3 is 6.18 Å². The van der Waals surface area contributed by atoms with Gasteiger partial charge in [0.05, 0.1) is 11.1 Å². The first-order valence-electron chi connectivity index (χ1n) is 8.56. The topological polar surface area (TPSA) is 31.9 Å². The number of nitrogens with zero attached hydrogens (tertiary/aromatic N) is 2. The van der Waals surface area contributed by atoms with E-state index in [1.54, 1.807) is 0 Å². The van der Waals surface area contributed by atoms with Crippen LogP contribution in [0.2, 0.25) is 0 Å². The first-order valence-corrected chi connectivity index (χ1v) is 8.56. The van der Waals surface area contributed by atoms with Crippen molar-refractivity contribution >= 4 is 11.0 Å². The van der Waals surface area contributed by atoms with Gasteiger partial charge in [0, 0.05) is 19.0 Å². The lowest BCUT2D eigenvalue weighted by Gasteiger charge is -2.31. The first kappa shape index (κ1) is 17.3. The number of H-pyrrole nitrogens is 1. The molecule has 1 aliphatic heterocycles. The number of benzene rings is 1. The number of aromatic nitrogens is 2. The molecular weight excluding hydrogens is 315 g/mol. The molecule has 1 aromatic heterocycles. The minimum atomic E-state index is -4.40. The van der Waals surface area contributed by atoms with E-state index in [4.69, 9.17) is 0 Å². The number of nitrogens with one attached hydrogen (secondary N) is 1. The molecule has 1 fully saturated rings. The summed E-state index contributed by atoms with van der Waals surface area (Å²) in [5, 5.41) is 0. The number of likely N-dealkylation sites (tertiary alicyclic amines) is 1. The van der Waals surface area contributed by atoms with Gasteiger partial charge in [-0.2, -0.15) is 13.2 Å². The Morgan fingerprint density at radius 2 is 2.08 bits per heavy atom. The highest BCUT2D eigenvalue weighted by Gasteiger charge is 2.34. The third-order valence-corrected chi connectivity index (χ3v) is 4.66. The zero-order valence-corrected chi connectivity index (χ0v) is 14.4. The van der Waals surface area contributed by atoms with Crippen LogP contribution in [0.3, 0.4) is 0 Å². The number of rotatable bonds is 3. The number of aromatic amines is 1. The quantitative estimate of drug-likeness (QED) is 0.859. The highest BCUT2D eigenvalue weighted by molar-refractivity contribution is 5.80. The number of halogens is 3. The van der Waals surface area contributed by atoms with Gasteiger partial charge in [-0.15, -0.1) is 0 Å². The van der Waals surface area contributed by atoms with Crippen LogP contribution in [0.15, 0.2) is 12.1 Å². The van der Waals surface area contributed by atoms with E-state index in [-0.39, 0.29) is 11.4 Å². The smallest absolute Gasteiger partial charge is 0.342 e. The largest absolute Gasteiger partial charge is 0.418 e. The van der Waals surface area contributed by atoms with Crippen molar-refractivity contribution in [3.63, 3.8) is 0 Å². The van der Waals surface area contributed by atoms with E-state index in [0.717, 1.165) is 19.5 Å². The summed E-state index contributed by atoms with van der Waals surface area (Å²) in [5.74, 6) is 1.26. The third-order valence-electron chi connectivity index (χ3n) is 4.66. The fourth-order valence-corrected chi connectivity index (χ4v) is 3.47. The summed E-state index contributed by atoms with van der Waals surface area (Å²) in [6.07, 6.45) is -2.09. The predicted octanol–water partition coefficient (Wildman–Crippen LogP) is 4.94. The Morgan fingerprint density at radius 3 is 2.71 bits per heavy atom. The Hall–Kier alpha value is -1.56. The van der Waals surface area contributed by atoms with E-state index in [0.29, 0.717) is 29.4 Å². The molecule has 3 rings (SSSR count). The molecule has 0 saturated carbocycles. The van der Waals surface area contributed by atoms with Gasteiger partial charge in [-0.3, -0.25) is 4.90 Å². The summed E-state index contributed by atoms with van der Waals surface area (Å²) < 4.78 is 40.4. The summed E-state index contributed by atoms with van der Waals surface area (Å²) in [5.41, 5.74) is 0.571. The van der Waals surface area contributed by atoms with E-state index in [1.807, 2.05) is 19.9 Å². The Bertz CT molecular complexity index is 718. The van der Waals surface area contributed by atoms with Gasteiger partial charge in [0.25, 0.3) is 0 Å². The van der Waals surface area contributed by atoms with Crippen molar-refractivity contribution in [2.45, 2.75) is 52.3 Å². The minimum Gasteiger partial charge on any atom is -0.342 e. The predicted molar refractivity (Wildman–Crippen MR) is 88.9 cm³/mol. The number of fused-ring (bicyclic) bond motifs is 1. The summed E-state index contributed by atoms with van der Waals surface area (Å²) in [6, 6.07) is 3.09. The Labute approximate surface area is 140 Å². The van der Waals surface area contributed by atoms with Crippen LogP contribution in [0.1, 0.15) is 56.5 Å². The van der Waals surface area contributed by atoms with Crippen molar-refractivity contribution < 1.29 is 13.2 Å². The zero-order valence-electron chi connectivity index (χ0n) is 14.4. The molecule has 6 heteroatoms. The maximum Gasteiger partial charge on any atom is 0.418 e. The number of hydrogen-bond acceptors (Lipinski definition) is 2. The van der Waals surface area contributed by atoms with Crippen molar-refractivity contribution in [3.05, 3.63) is 29.1 Å². The van der Waals surface area contributed by atoms with Gasteiger partial charge in [-0.1, -0.05) is 20.8 Å². The second kappa shape index (κ2) is 6.39. The molecule has 1 N–H and O–H groups in total. The molecule has 1 saturated heterocycles. The number of piperidine rings is 1. The Morgan fingerprint density at radius 1 is 1.33 bits per heavy atom. The highest BCUT2D eigenvalue weighted by Crippen LogP contribution is 2.36. The van der Waals surface area contributed by atoms with Crippen molar-refractivity contribution in [2.24, 2.45) is 5.92 Å². The van der Waals surface area contributed by atoms with Crippen LogP contribution >= 0.6 is 0 Å². The van der Waals surface area contributed by atoms with Gasteiger partial charge in [0.2, 0.25) is 0 Å². The molecule has 24 heavy (non-hydrogen) atoms. The van der Waals surface area contributed by atoms with Crippen LogP contribution in [-0.4, -0.2) is 28.0 Å². The van der Waals surface area contributed by atoms with Crippen LogP contribution in [0.4, 0.5) is 13.2 Å². The molecule has 0 amide bonds. The standard InChI is InChI=1S/C18H24F3N3/c1-11(2)17-22-15-8-13(10-24-6-4-5-12(3)9-24)7-14(16(15)23-17)18(19,20)21/h7-8,11-12H,4-6,9-10H2,1-3H3,(H,22,23). The maximum absolute atomic E-state index is 13.5. The van der Waals surface area contributed by atoms with E-state index in [9.17, 15) is 13.2 Å². The van der Waals surface area contributed by atoms with Crippen LogP contribution in [0.25, 0.3) is 11.0 Å². The lowest BCUT2D eigenvalue weighted by molar-refractivity contribution is -0.136. The molecule has 0 bridgehead atoms. The van der Waals surface area contributed by atoms with E-state index < -0.39 is 11.7 Å². The zero-order chi connectivity index (χ0) is 17.5. The summed E-state index contributed by atoms with van der Waals surface area (Å²) in [7, 11) is 0. The molecule has 2 aromatic rings. The monoisotopic (exact) mass is 339 g/mol. The molecular formula is C18H24F3N3. The number of imidazole rings is 1. The average molecular weight is 339 g/mol. The lowest BCUT2D eigenvalue weighted by Crippen LogP contribution is -2.33. The van der Waals surface area contributed by atoms with E-state index >= 15 is 0 Å². The molecule has 1 atom stereocenters. The van der Waals surface area contributed by atoms with Gasteiger partial charge in [0.15, 0.2) is 0 Å². The maximum atomic E-state index is 13.5. The first-order chi connectivity index (χ1) is 11.2. The van der Waals surface area contributed by atoms with Crippen LogP contribution < -0.4 is 0 Å². The fourth-order valence-electron chi connectivity index (χ4n) is 3.47. The SMILES string of the molecule is CC1CCCN(Cc2cc(C(F)(F)F)c3nc(C(C)C)[nH]c3c2)C1. The molecule has 0 aliphatic carbocycles. The molecule has 1 aromatic carbocycles. The van der Waals surface area contributed by atoms with Crippen LogP contribution in [0.5, 0.6) is 0 Å². The van der Waals surface area contributed by atoms with Gasteiger partial charge in [0.1, 0.15) is 11.3 Å². The van der Waals surface area contributed by atoms with Crippen molar-refractivity contribution in [1.82, 2.24) is 14.9 Å². The molecule has 132 valence electrons. The average Bonchev–Trinajstić information content (AvgIpc) is 2.89. The minimum absolute atomic E-state index is 0.0296. The summed E-state index contributed by atoms with van der Waals surface area (Å²) in [4.78, 5) is 9.50. The van der Waals surface area contributed by atoms with Crippen molar-refractivity contribution in [1.29, 1.82) is 0 Å². The molecule has 1 aliphatic rings. The van der Waals surface area contributed by atoms with Gasteiger partial charge in [-0.05, 0) is 43.0 Å². The second-order valence-corrected chi connectivity index (χ2v) is 7.30.